The van der Waals surface area contributed by atoms with Crippen molar-refractivity contribution in [1.29, 1.82) is 0 Å². The SMILES string of the molecule is CC(C)SCC(=O)c1cccc(Cl)c1. The molecule has 0 saturated carbocycles. The molecule has 1 aromatic carbocycles. The molecule has 0 heterocycles. The summed E-state index contributed by atoms with van der Waals surface area (Å²) >= 11 is 7.44. The number of Topliss-reactive ketones (excluding diaryl/α,β-unsaturated/α-hetero) is 1. The summed E-state index contributed by atoms with van der Waals surface area (Å²) in [7, 11) is 0. The molecule has 0 aliphatic rings. The molecule has 0 atom stereocenters. The van der Waals surface area contributed by atoms with E-state index in [1.807, 2.05) is 0 Å². The number of carbonyl (C=O) groups excluding carboxylic acids is 1. The third-order valence-corrected chi connectivity index (χ3v) is 3.02. The van der Waals surface area contributed by atoms with E-state index in [9.17, 15) is 4.79 Å². The summed E-state index contributed by atoms with van der Waals surface area (Å²) in [4.78, 5) is 11.6. The minimum atomic E-state index is 0.145. The van der Waals surface area contributed by atoms with E-state index < -0.39 is 0 Å². The molecular weight excluding hydrogens is 216 g/mol. The summed E-state index contributed by atoms with van der Waals surface area (Å²) < 4.78 is 0. The van der Waals surface area contributed by atoms with Crippen LogP contribution in [0.1, 0.15) is 24.2 Å². The lowest BCUT2D eigenvalue weighted by Gasteiger charge is -2.04. The van der Waals surface area contributed by atoms with Crippen LogP contribution in [-0.4, -0.2) is 16.8 Å². The highest BCUT2D eigenvalue weighted by Crippen LogP contribution is 2.15. The van der Waals surface area contributed by atoms with E-state index in [4.69, 9.17) is 11.6 Å². The molecule has 0 spiro atoms. The van der Waals surface area contributed by atoms with Gasteiger partial charge in [0.1, 0.15) is 0 Å². The minimum Gasteiger partial charge on any atom is -0.293 e. The molecule has 0 N–H and O–H groups in total. The van der Waals surface area contributed by atoms with Gasteiger partial charge in [-0.3, -0.25) is 4.79 Å². The lowest BCUT2D eigenvalue weighted by Crippen LogP contribution is -2.04. The van der Waals surface area contributed by atoms with Crippen molar-refractivity contribution < 1.29 is 4.79 Å². The van der Waals surface area contributed by atoms with E-state index in [1.54, 1.807) is 36.0 Å². The first-order valence-corrected chi connectivity index (χ1v) is 5.92. The van der Waals surface area contributed by atoms with Crippen molar-refractivity contribution in [2.75, 3.05) is 5.75 Å². The number of hydrogen-bond acceptors (Lipinski definition) is 2. The molecule has 0 aliphatic heterocycles. The molecule has 1 aromatic rings. The van der Waals surface area contributed by atoms with Crippen LogP contribution < -0.4 is 0 Å². The molecule has 3 heteroatoms. The van der Waals surface area contributed by atoms with Gasteiger partial charge in [0.05, 0.1) is 5.75 Å². The average Bonchev–Trinajstić information content (AvgIpc) is 2.14. The monoisotopic (exact) mass is 228 g/mol. The Morgan fingerprint density at radius 2 is 2.21 bits per heavy atom. The van der Waals surface area contributed by atoms with Gasteiger partial charge in [-0.1, -0.05) is 37.6 Å². The van der Waals surface area contributed by atoms with Crippen LogP contribution in [0.2, 0.25) is 5.02 Å². The molecule has 0 radical (unpaired) electrons. The second-order valence-electron chi connectivity index (χ2n) is 3.29. The Hall–Kier alpha value is -0.470. The first-order valence-electron chi connectivity index (χ1n) is 4.50. The molecule has 14 heavy (non-hydrogen) atoms. The first kappa shape index (κ1) is 11.6. The van der Waals surface area contributed by atoms with Gasteiger partial charge in [-0.05, 0) is 17.4 Å². The zero-order valence-electron chi connectivity index (χ0n) is 8.29. The van der Waals surface area contributed by atoms with Gasteiger partial charge in [0.15, 0.2) is 5.78 Å². The molecule has 0 aromatic heterocycles. The van der Waals surface area contributed by atoms with Crippen molar-refractivity contribution >= 4 is 29.1 Å². The van der Waals surface area contributed by atoms with Crippen LogP contribution in [0.25, 0.3) is 0 Å². The van der Waals surface area contributed by atoms with E-state index in [0.29, 0.717) is 21.6 Å². The Morgan fingerprint density at radius 1 is 1.50 bits per heavy atom. The van der Waals surface area contributed by atoms with Crippen LogP contribution in [0.15, 0.2) is 24.3 Å². The van der Waals surface area contributed by atoms with E-state index in [0.717, 1.165) is 0 Å². The van der Waals surface area contributed by atoms with Gasteiger partial charge in [-0.15, -0.1) is 0 Å². The summed E-state index contributed by atoms with van der Waals surface area (Å²) in [5.74, 6) is 0.670. The lowest BCUT2D eigenvalue weighted by atomic mass is 10.1. The Morgan fingerprint density at radius 3 is 2.79 bits per heavy atom. The zero-order chi connectivity index (χ0) is 10.6. The molecule has 0 fully saturated rings. The van der Waals surface area contributed by atoms with Crippen molar-refractivity contribution in [3.8, 4) is 0 Å². The number of thioether (sulfide) groups is 1. The van der Waals surface area contributed by atoms with Gasteiger partial charge in [-0.2, -0.15) is 11.8 Å². The number of ketones is 1. The number of carbonyl (C=O) groups is 1. The third-order valence-electron chi connectivity index (χ3n) is 1.69. The second-order valence-corrected chi connectivity index (χ2v) is 5.29. The second kappa shape index (κ2) is 5.42. The topological polar surface area (TPSA) is 17.1 Å². The van der Waals surface area contributed by atoms with Crippen LogP contribution >= 0.6 is 23.4 Å². The predicted molar refractivity (Wildman–Crippen MR) is 63.4 cm³/mol. The highest BCUT2D eigenvalue weighted by atomic mass is 35.5. The Kier molecular flexibility index (Phi) is 4.49. The van der Waals surface area contributed by atoms with E-state index >= 15 is 0 Å². The maximum atomic E-state index is 11.6. The molecule has 0 saturated heterocycles. The van der Waals surface area contributed by atoms with Gasteiger partial charge in [0.2, 0.25) is 0 Å². The number of halogens is 1. The fourth-order valence-electron chi connectivity index (χ4n) is 0.988. The van der Waals surface area contributed by atoms with Crippen LogP contribution in [-0.2, 0) is 0 Å². The van der Waals surface area contributed by atoms with Crippen LogP contribution in [0.3, 0.4) is 0 Å². The zero-order valence-corrected chi connectivity index (χ0v) is 9.86. The van der Waals surface area contributed by atoms with Gasteiger partial charge in [0.25, 0.3) is 0 Å². The number of hydrogen-bond donors (Lipinski definition) is 0. The fourth-order valence-corrected chi connectivity index (χ4v) is 1.83. The number of benzene rings is 1. The van der Waals surface area contributed by atoms with Crippen molar-refractivity contribution in [2.24, 2.45) is 0 Å². The van der Waals surface area contributed by atoms with Crippen LogP contribution in [0.4, 0.5) is 0 Å². The summed E-state index contributed by atoms with van der Waals surface area (Å²) in [6, 6.07) is 7.09. The molecular formula is C11H13ClOS. The molecule has 0 amide bonds. The summed E-state index contributed by atoms with van der Waals surface area (Å²) in [6.07, 6.45) is 0. The summed E-state index contributed by atoms with van der Waals surface area (Å²) in [5, 5.41) is 1.10. The Bertz CT molecular complexity index is 323. The Balaban J connectivity index is 2.61. The maximum Gasteiger partial charge on any atom is 0.172 e. The molecule has 76 valence electrons. The van der Waals surface area contributed by atoms with Crippen molar-refractivity contribution in [3.05, 3.63) is 34.9 Å². The highest BCUT2D eigenvalue weighted by Gasteiger charge is 2.07. The van der Waals surface area contributed by atoms with Crippen LogP contribution in [0, 0.1) is 0 Å². The third kappa shape index (κ3) is 3.72. The standard InChI is InChI=1S/C11H13ClOS/c1-8(2)14-7-11(13)9-4-3-5-10(12)6-9/h3-6,8H,7H2,1-2H3. The van der Waals surface area contributed by atoms with E-state index in [1.165, 1.54) is 0 Å². The number of rotatable bonds is 4. The predicted octanol–water partition coefficient (Wildman–Crippen LogP) is 3.66. The molecule has 0 aliphatic carbocycles. The summed E-state index contributed by atoms with van der Waals surface area (Å²) in [5.41, 5.74) is 0.700. The first-order chi connectivity index (χ1) is 6.59. The largest absolute Gasteiger partial charge is 0.293 e. The van der Waals surface area contributed by atoms with Crippen molar-refractivity contribution in [3.63, 3.8) is 0 Å². The molecule has 1 rings (SSSR count). The quantitative estimate of drug-likeness (QED) is 0.732. The van der Waals surface area contributed by atoms with Crippen molar-refractivity contribution in [1.82, 2.24) is 0 Å². The molecule has 0 unspecified atom stereocenters. The summed E-state index contributed by atoms with van der Waals surface area (Å²) in [6.45, 7) is 4.16. The highest BCUT2D eigenvalue weighted by molar-refractivity contribution is 8.00. The smallest absolute Gasteiger partial charge is 0.172 e. The van der Waals surface area contributed by atoms with Crippen molar-refractivity contribution in [2.45, 2.75) is 19.1 Å². The van der Waals surface area contributed by atoms with E-state index in [2.05, 4.69) is 13.8 Å². The molecule has 0 bridgehead atoms. The lowest BCUT2D eigenvalue weighted by molar-refractivity contribution is 0.102. The fraction of sp³-hybridized carbons (Fsp3) is 0.364. The normalized spacial score (nSPS) is 10.6. The van der Waals surface area contributed by atoms with Gasteiger partial charge >= 0.3 is 0 Å². The van der Waals surface area contributed by atoms with E-state index in [-0.39, 0.29) is 5.78 Å². The van der Waals surface area contributed by atoms with Gasteiger partial charge < -0.3 is 0 Å². The van der Waals surface area contributed by atoms with Crippen LogP contribution in [0.5, 0.6) is 0 Å². The maximum absolute atomic E-state index is 11.6. The van der Waals surface area contributed by atoms with Gasteiger partial charge in [0, 0.05) is 10.6 Å². The average molecular weight is 229 g/mol. The van der Waals surface area contributed by atoms with Gasteiger partial charge in [-0.25, -0.2) is 0 Å². The molecule has 1 nitrogen and oxygen atoms in total. The Labute approximate surface area is 93.8 Å². The minimum absolute atomic E-state index is 0.145.